The van der Waals surface area contributed by atoms with Crippen LogP contribution in [0, 0.1) is 5.82 Å². The van der Waals surface area contributed by atoms with Crippen LogP contribution in [0.5, 0.6) is 0 Å². The molecule has 9 heteroatoms. The number of amides is 1. The van der Waals surface area contributed by atoms with Crippen molar-refractivity contribution in [2.45, 2.75) is 19.3 Å². The molecular weight excluding hydrogens is 369 g/mol. The van der Waals surface area contributed by atoms with Crippen molar-refractivity contribution in [3.63, 3.8) is 0 Å². The average Bonchev–Trinajstić information content (AvgIpc) is 3.04. The lowest BCUT2D eigenvalue weighted by molar-refractivity contribution is -0.119. The molecule has 1 aliphatic heterocycles. The minimum atomic E-state index is -3.70. The standard InChI is InChI=1S/C16H23ClFN3O3S/c1-25(23,24)21(13-5-6-15(18)14(17)11-13)12-16(22)19-7-4-10-20-8-2-3-9-20/h5-6,11H,2-4,7-10,12H2,1H3,(H,19,22). The predicted octanol–water partition coefficient (Wildman–Crippen LogP) is 1.85. The molecule has 0 spiro atoms. The maximum absolute atomic E-state index is 13.3. The highest BCUT2D eigenvalue weighted by molar-refractivity contribution is 7.92. The molecule has 0 atom stereocenters. The summed E-state index contributed by atoms with van der Waals surface area (Å²) in [5.74, 6) is -1.06. The summed E-state index contributed by atoms with van der Waals surface area (Å²) in [5.41, 5.74) is 0.154. The molecule has 25 heavy (non-hydrogen) atoms. The molecule has 1 N–H and O–H groups in total. The molecule has 1 fully saturated rings. The third-order valence-corrected chi connectivity index (χ3v) is 5.48. The largest absolute Gasteiger partial charge is 0.354 e. The maximum Gasteiger partial charge on any atom is 0.240 e. The SMILES string of the molecule is CS(=O)(=O)N(CC(=O)NCCCN1CCCC1)c1ccc(F)c(Cl)c1. The van der Waals surface area contributed by atoms with E-state index in [2.05, 4.69) is 10.2 Å². The molecule has 0 aliphatic carbocycles. The Labute approximate surface area is 153 Å². The van der Waals surface area contributed by atoms with Gasteiger partial charge < -0.3 is 10.2 Å². The number of nitrogens with one attached hydrogen (secondary N) is 1. The van der Waals surface area contributed by atoms with Crippen molar-refractivity contribution in [2.75, 3.05) is 43.3 Å². The van der Waals surface area contributed by atoms with Crippen molar-refractivity contribution >= 4 is 33.2 Å². The molecule has 1 saturated heterocycles. The number of benzene rings is 1. The van der Waals surface area contributed by atoms with Gasteiger partial charge in [-0.1, -0.05) is 11.6 Å². The van der Waals surface area contributed by atoms with Gasteiger partial charge in [0.25, 0.3) is 0 Å². The van der Waals surface area contributed by atoms with Gasteiger partial charge in [-0.25, -0.2) is 12.8 Å². The second-order valence-electron chi connectivity index (χ2n) is 6.12. The van der Waals surface area contributed by atoms with Crippen LogP contribution in [0.1, 0.15) is 19.3 Å². The van der Waals surface area contributed by atoms with Crippen LogP contribution in [-0.4, -0.2) is 58.2 Å². The Balaban J connectivity index is 1.90. The van der Waals surface area contributed by atoms with E-state index in [0.29, 0.717) is 6.54 Å². The van der Waals surface area contributed by atoms with Crippen LogP contribution >= 0.6 is 11.6 Å². The number of carbonyl (C=O) groups excluding carboxylic acids is 1. The summed E-state index contributed by atoms with van der Waals surface area (Å²) in [6, 6.07) is 3.55. The average molecular weight is 392 g/mol. The summed E-state index contributed by atoms with van der Waals surface area (Å²) >= 11 is 5.71. The van der Waals surface area contributed by atoms with Crippen molar-refractivity contribution in [2.24, 2.45) is 0 Å². The van der Waals surface area contributed by atoms with Gasteiger partial charge in [-0.15, -0.1) is 0 Å². The lowest BCUT2D eigenvalue weighted by atomic mass is 10.3. The van der Waals surface area contributed by atoms with Gasteiger partial charge in [-0.2, -0.15) is 0 Å². The number of hydrogen-bond donors (Lipinski definition) is 1. The van der Waals surface area contributed by atoms with Crippen LogP contribution < -0.4 is 9.62 Å². The fourth-order valence-corrected chi connectivity index (χ4v) is 3.79. The lowest BCUT2D eigenvalue weighted by Crippen LogP contribution is -2.41. The fourth-order valence-electron chi connectivity index (χ4n) is 2.76. The molecule has 0 bridgehead atoms. The zero-order valence-electron chi connectivity index (χ0n) is 14.2. The number of halogens is 2. The van der Waals surface area contributed by atoms with E-state index in [4.69, 9.17) is 11.6 Å². The number of carbonyl (C=O) groups is 1. The monoisotopic (exact) mass is 391 g/mol. The Morgan fingerprint density at radius 2 is 2.04 bits per heavy atom. The van der Waals surface area contributed by atoms with Gasteiger partial charge in [-0.3, -0.25) is 9.10 Å². The first-order valence-electron chi connectivity index (χ1n) is 8.19. The van der Waals surface area contributed by atoms with Crippen molar-refractivity contribution < 1.29 is 17.6 Å². The van der Waals surface area contributed by atoms with E-state index >= 15 is 0 Å². The second-order valence-corrected chi connectivity index (χ2v) is 8.43. The summed E-state index contributed by atoms with van der Waals surface area (Å²) in [6.45, 7) is 3.23. The van der Waals surface area contributed by atoms with Crippen LogP contribution in [0.25, 0.3) is 0 Å². The van der Waals surface area contributed by atoms with E-state index in [0.717, 1.165) is 42.7 Å². The fraction of sp³-hybridized carbons (Fsp3) is 0.562. The minimum Gasteiger partial charge on any atom is -0.354 e. The molecule has 1 aromatic carbocycles. The first-order chi connectivity index (χ1) is 11.8. The van der Waals surface area contributed by atoms with E-state index in [-0.39, 0.29) is 17.3 Å². The molecule has 0 saturated carbocycles. The molecule has 0 unspecified atom stereocenters. The molecule has 140 valence electrons. The number of likely N-dealkylation sites (tertiary alicyclic amines) is 1. The summed E-state index contributed by atoms with van der Waals surface area (Å²) in [4.78, 5) is 14.4. The molecule has 1 heterocycles. The van der Waals surface area contributed by atoms with Crippen LogP contribution in [-0.2, 0) is 14.8 Å². The Kier molecular flexibility index (Phi) is 7.04. The Morgan fingerprint density at radius 3 is 2.64 bits per heavy atom. The highest BCUT2D eigenvalue weighted by atomic mass is 35.5. The molecule has 1 aliphatic rings. The predicted molar refractivity (Wildman–Crippen MR) is 96.9 cm³/mol. The van der Waals surface area contributed by atoms with Crippen LogP contribution in [0.15, 0.2) is 18.2 Å². The van der Waals surface area contributed by atoms with Crippen molar-refractivity contribution in [1.82, 2.24) is 10.2 Å². The Morgan fingerprint density at radius 1 is 1.36 bits per heavy atom. The maximum atomic E-state index is 13.3. The molecular formula is C16H23ClFN3O3S. The van der Waals surface area contributed by atoms with Gasteiger partial charge in [0.2, 0.25) is 15.9 Å². The Hall–Kier alpha value is -1.38. The summed E-state index contributed by atoms with van der Waals surface area (Å²) in [7, 11) is -3.70. The van der Waals surface area contributed by atoms with Gasteiger partial charge in [0.05, 0.1) is 17.0 Å². The molecule has 1 aromatic rings. The lowest BCUT2D eigenvalue weighted by Gasteiger charge is -2.22. The zero-order chi connectivity index (χ0) is 18.4. The second kappa shape index (κ2) is 8.82. The van der Waals surface area contributed by atoms with Crippen LogP contribution in [0.3, 0.4) is 0 Å². The van der Waals surface area contributed by atoms with Gasteiger partial charge in [0.15, 0.2) is 0 Å². The third kappa shape index (κ3) is 6.13. The number of hydrogen-bond acceptors (Lipinski definition) is 4. The van der Waals surface area contributed by atoms with E-state index in [1.807, 2.05) is 0 Å². The Bertz CT molecular complexity index is 709. The summed E-state index contributed by atoms with van der Waals surface area (Å²) in [5, 5.41) is 2.53. The van der Waals surface area contributed by atoms with E-state index in [1.54, 1.807) is 0 Å². The number of rotatable bonds is 8. The number of sulfonamides is 1. The summed E-state index contributed by atoms with van der Waals surface area (Å²) in [6.07, 6.45) is 4.24. The van der Waals surface area contributed by atoms with E-state index < -0.39 is 21.7 Å². The van der Waals surface area contributed by atoms with Crippen molar-refractivity contribution in [3.05, 3.63) is 29.0 Å². The number of anilines is 1. The smallest absolute Gasteiger partial charge is 0.240 e. The third-order valence-electron chi connectivity index (χ3n) is 4.05. The molecule has 1 amide bonds. The topological polar surface area (TPSA) is 69.7 Å². The van der Waals surface area contributed by atoms with Crippen LogP contribution in [0.4, 0.5) is 10.1 Å². The highest BCUT2D eigenvalue weighted by Crippen LogP contribution is 2.24. The molecule has 6 nitrogen and oxygen atoms in total. The van der Waals surface area contributed by atoms with Gasteiger partial charge >= 0.3 is 0 Å². The first kappa shape index (κ1) is 19.9. The first-order valence-corrected chi connectivity index (χ1v) is 10.4. The van der Waals surface area contributed by atoms with E-state index in [9.17, 15) is 17.6 Å². The van der Waals surface area contributed by atoms with Crippen molar-refractivity contribution in [1.29, 1.82) is 0 Å². The minimum absolute atomic E-state index is 0.154. The zero-order valence-corrected chi connectivity index (χ0v) is 15.7. The van der Waals surface area contributed by atoms with E-state index in [1.165, 1.54) is 25.0 Å². The van der Waals surface area contributed by atoms with Gasteiger partial charge in [0, 0.05) is 6.54 Å². The summed E-state index contributed by atoms with van der Waals surface area (Å²) < 4.78 is 38.1. The molecule has 0 aromatic heterocycles. The number of nitrogens with zero attached hydrogens (tertiary/aromatic N) is 2. The van der Waals surface area contributed by atoms with Crippen molar-refractivity contribution in [3.8, 4) is 0 Å². The van der Waals surface area contributed by atoms with Gasteiger partial charge in [-0.05, 0) is 57.1 Å². The molecule has 0 radical (unpaired) electrons. The quantitative estimate of drug-likeness (QED) is 0.686. The van der Waals surface area contributed by atoms with Crippen LogP contribution in [0.2, 0.25) is 5.02 Å². The highest BCUT2D eigenvalue weighted by Gasteiger charge is 2.21. The van der Waals surface area contributed by atoms with Gasteiger partial charge in [0.1, 0.15) is 12.4 Å². The molecule has 2 rings (SSSR count). The normalized spacial score (nSPS) is 15.3.